The van der Waals surface area contributed by atoms with E-state index >= 15 is 0 Å². The van der Waals surface area contributed by atoms with Gasteiger partial charge in [-0.1, -0.05) is 12.1 Å². The van der Waals surface area contributed by atoms with Gasteiger partial charge in [0, 0.05) is 5.70 Å². The average Bonchev–Trinajstić information content (AvgIpc) is 3.01. The molecule has 0 radical (unpaired) electrons. The van der Waals surface area contributed by atoms with E-state index < -0.39 is 40.5 Å². The molecule has 2 aliphatic heterocycles. The highest BCUT2D eigenvalue weighted by atomic mass is 32.2. The highest BCUT2D eigenvalue weighted by molar-refractivity contribution is 7.91. The predicted molar refractivity (Wildman–Crippen MR) is 103 cm³/mol. The minimum Gasteiger partial charge on any atom is -0.463 e. The number of hydrogen-bond acceptors (Lipinski definition) is 6. The Bertz CT molecular complexity index is 962. The molecule has 11 heteroatoms. The zero-order valence-electron chi connectivity index (χ0n) is 16.4. The second-order valence-corrected chi connectivity index (χ2v) is 9.21. The lowest BCUT2D eigenvalue weighted by molar-refractivity contribution is -0.139. The number of benzene rings is 1. The van der Waals surface area contributed by atoms with E-state index in [1.54, 1.807) is 13.8 Å². The smallest absolute Gasteiger partial charge is 0.387 e. The van der Waals surface area contributed by atoms with Crippen LogP contribution in [-0.2, 0) is 19.4 Å². The number of allylic oxidation sites excluding steroid dienone is 1. The molecule has 0 aromatic heterocycles. The van der Waals surface area contributed by atoms with Crippen molar-refractivity contribution in [3.8, 4) is 5.75 Å². The van der Waals surface area contributed by atoms with Gasteiger partial charge in [-0.15, -0.1) is 0 Å². The van der Waals surface area contributed by atoms with Gasteiger partial charge < -0.3 is 14.8 Å². The first-order chi connectivity index (χ1) is 14.1. The van der Waals surface area contributed by atoms with Gasteiger partial charge in [0.05, 0.1) is 35.8 Å². The van der Waals surface area contributed by atoms with Gasteiger partial charge >= 0.3 is 18.6 Å². The molecular weight excluding hydrogens is 422 g/mol. The lowest BCUT2D eigenvalue weighted by Crippen LogP contribution is -2.52. The molecule has 2 amide bonds. The van der Waals surface area contributed by atoms with Crippen LogP contribution in [0.4, 0.5) is 13.6 Å². The molecule has 0 saturated carbocycles. The molecule has 1 fully saturated rings. The van der Waals surface area contributed by atoms with Crippen LogP contribution in [0.5, 0.6) is 5.75 Å². The third-order valence-electron chi connectivity index (χ3n) is 5.03. The van der Waals surface area contributed by atoms with E-state index in [1.165, 1.54) is 29.2 Å². The Morgan fingerprint density at radius 1 is 1.30 bits per heavy atom. The van der Waals surface area contributed by atoms with Crippen LogP contribution < -0.4 is 10.1 Å². The number of amides is 2. The number of nitrogens with zero attached hydrogens (tertiary/aromatic N) is 1. The normalized spacial score (nSPS) is 23.5. The van der Waals surface area contributed by atoms with Crippen LogP contribution in [0.15, 0.2) is 35.5 Å². The molecule has 2 aliphatic rings. The number of esters is 1. The van der Waals surface area contributed by atoms with Gasteiger partial charge in [-0.05, 0) is 38.0 Å². The van der Waals surface area contributed by atoms with E-state index in [0.29, 0.717) is 11.3 Å². The van der Waals surface area contributed by atoms with Gasteiger partial charge in [0.2, 0.25) is 0 Å². The maximum atomic E-state index is 12.8. The summed E-state index contributed by atoms with van der Waals surface area (Å²) in [6.07, 6.45) is 0.271. The average molecular weight is 444 g/mol. The summed E-state index contributed by atoms with van der Waals surface area (Å²) in [5.74, 6) is -0.928. The van der Waals surface area contributed by atoms with Crippen LogP contribution >= 0.6 is 0 Å². The van der Waals surface area contributed by atoms with Crippen LogP contribution in [0.2, 0.25) is 0 Å². The van der Waals surface area contributed by atoms with Crippen molar-refractivity contribution in [1.82, 2.24) is 10.2 Å². The van der Waals surface area contributed by atoms with Crippen molar-refractivity contribution in [2.24, 2.45) is 0 Å². The molecule has 1 saturated heterocycles. The highest BCUT2D eigenvalue weighted by Gasteiger charge is 2.42. The van der Waals surface area contributed by atoms with E-state index in [9.17, 15) is 26.8 Å². The molecule has 3 rings (SSSR count). The van der Waals surface area contributed by atoms with Gasteiger partial charge in [0.1, 0.15) is 5.75 Å². The summed E-state index contributed by atoms with van der Waals surface area (Å²) in [6, 6.07) is 3.54. The Morgan fingerprint density at radius 2 is 1.97 bits per heavy atom. The largest absolute Gasteiger partial charge is 0.463 e. The molecule has 0 spiro atoms. The van der Waals surface area contributed by atoms with Crippen LogP contribution in [0, 0.1) is 0 Å². The standard InChI is InChI=1S/C19H22F2N2O6S/c1-3-28-17(24)15-11(2)23(13-8-9-30(26,27)10-13)19(25)22-16(15)12-4-6-14(7-5-12)29-18(20)21/h4-7,13,16,18H,3,8-10H2,1-2H3,(H,22,25)/t13-,16+/m0/s1. The predicted octanol–water partition coefficient (Wildman–Crippen LogP) is 2.38. The molecule has 0 unspecified atom stereocenters. The lowest BCUT2D eigenvalue weighted by Gasteiger charge is -2.38. The summed E-state index contributed by atoms with van der Waals surface area (Å²) in [7, 11) is -3.26. The van der Waals surface area contributed by atoms with E-state index in [0.717, 1.165) is 0 Å². The van der Waals surface area contributed by atoms with Crippen LogP contribution in [0.1, 0.15) is 31.9 Å². The zero-order valence-corrected chi connectivity index (χ0v) is 17.2. The SMILES string of the molecule is CCOC(=O)C1=C(C)N([C@H]2CCS(=O)(=O)C2)C(=O)N[C@@H]1c1ccc(OC(F)F)cc1. The molecule has 2 atom stereocenters. The van der Waals surface area contributed by atoms with Gasteiger partial charge in [-0.25, -0.2) is 18.0 Å². The lowest BCUT2D eigenvalue weighted by atomic mass is 9.94. The Kier molecular flexibility index (Phi) is 6.30. The topological polar surface area (TPSA) is 102 Å². The molecule has 2 heterocycles. The van der Waals surface area contributed by atoms with E-state index in [-0.39, 0.29) is 35.9 Å². The molecule has 8 nitrogen and oxygen atoms in total. The molecule has 0 aliphatic carbocycles. The summed E-state index contributed by atoms with van der Waals surface area (Å²) >= 11 is 0. The highest BCUT2D eigenvalue weighted by Crippen LogP contribution is 2.35. The van der Waals surface area contributed by atoms with E-state index in [4.69, 9.17) is 4.74 Å². The number of carbonyl (C=O) groups is 2. The molecule has 1 aromatic carbocycles. The van der Waals surface area contributed by atoms with Crippen molar-refractivity contribution >= 4 is 21.8 Å². The quantitative estimate of drug-likeness (QED) is 0.676. The van der Waals surface area contributed by atoms with Crippen LogP contribution in [-0.4, -0.2) is 56.1 Å². The fraction of sp³-hybridized carbons (Fsp3) is 0.474. The van der Waals surface area contributed by atoms with Crippen molar-refractivity contribution in [3.63, 3.8) is 0 Å². The van der Waals surface area contributed by atoms with E-state index in [1.807, 2.05) is 0 Å². The van der Waals surface area contributed by atoms with Crippen molar-refractivity contribution in [2.75, 3.05) is 18.1 Å². The maximum Gasteiger partial charge on any atom is 0.387 e. The fourth-order valence-corrected chi connectivity index (χ4v) is 5.44. The van der Waals surface area contributed by atoms with Gasteiger partial charge in [0.25, 0.3) is 0 Å². The molecule has 0 bridgehead atoms. The summed E-state index contributed by atoms with van der Waals surface area (Å²) in [6.45, 7) is 0.341. The first kappa shape index (κ1) is 22.0. The van der Waals surface area contributed by atoms with Gasteiger partial charge in [-0.2, -0.15) is 8.78 Å². The Balaban J connectivity index is 1.99. The number of carbonyl (C=O) groups excluding carboxylic acids is 2. The van der Waals surface area contributed by atoms with Crippen molar-refractivity contribution in [2.45, 2.75) is 39.0 Å². The Morgan fingerprint density at radius 3 is 2.50 bits per heavy atom. The monoisotopic (exact) mass is 444 g/mol. The minimum atomic E-state index is -3.26. The third kappa shape index (κ3) is 4.55. The molecular formula is C19H22F2N2O6S. The number of ether oxygens (including phenoxy) is 2. The first-order valence-electron chi connectivity index (χ1n) is 9.35. The second-order valence-electron chi connectivity index (χ2n) is 6.98. The number of nitrogens with one attached hydrogen (secondary N) is 1. The number of alkyl halides is 2. The molecule has 30 heavy (non-hydrogen) atoms. The van der Waals surface area contributed by atoms with Crippen molar-refractivity contribution < 1.29 is 36.3 Å². The summed E-state index contributed by atoms with van der Waals surface area (Å²) in [5, 5.41) is 2.71. The number of urea groups is 1. The minimum absolute atomic E-state index is 0.0293. The van der Waals surface area contributed by atoms with Gasteiger partial charge in [0.15, 0.2) is 9.84 Å². The molecule has 1 N–H and O–H groups in total. The fourth-order valence-electron chi connectivity index (χ4n) is 3.74. The van der Waals surface area contributed by atoms with Crippen molar-refractivity contribution in [3.05, 3.63) is 41.1 Å². The molecule has 1 aromatic rings. The van der Waals surface area contributed by atoms with Crippen LogP contribution in [0.25, 0.3) is 0 Å². The van der Waals surface area contributed by atoms with Gasteiger partial charge in [-0.3, -0.25) is 4.90 Å². The zero-order chi connectivity index (χ0) is 22.1. The number of hydrogen-bond donors (Lipinski definition) is 1. The third-order valence-corrected chi connectivity index (χ3v) is 6.78. The second kappa shape index (κ2) is 8.58. The Labute approximate surface area is 172 Å². The first-order valence-corrected chi connectivity index (χ1v) is 11.2. The Hall–Kier alpha value is -2.69. The number of sulfone groups is 1. The van der Waals surface area contributed by atoms with Crippen molar-refractivity contribution in [1.29, 1.82) is 0 Å². The maximum absolute atomic E-state index is 12.8. The summed E-state index contributed by atoms with van der Waals surface area (Å²) in [5.41, 5.74) is 0.923. The molecule has 164 valence electrons. The summed E-state index contributed by atoms with van der Waals surface area (Å²) in [4.78, 5) is 26.8. The number of rotatable bonds is 6. The van der Waals surface area contributed by atoms with Crippen LogP contribution in [0.3, 0.4) is 0 Å². The van der Waals surface area contributed by atoms with E-state index in [2.05, 4.69) is 10.1 Å². The number of halogens is 2. The summed E-state index contributed by atoms with van der Waals surface area (Å²) < 4.78 is 58.0.